The normalized spacial score (nSPS) is 22.9. The molecule has 1 unspecified atom stereocenters. The van der Waals surface area contributed by atoms with Crippen LogP contribution >= 0.6 is 0 Å². The van der Waals surface area contributed by atoms with Gasteiger partial charge < -0.3 is 25.4 Å². The molecule has 0 spiro atoms. The van der Waals surface area contributed by atoms with Crippen molar-refractivity contribution >= 4 is 17.1 Å². The van der Waals surface area contributed by atoms with Crippen molar-refractivity contribution in [2.45, 2.75) is 13.0 Å². The Morgan fingerprint density at radius 2 is 2.11 bits per heavy atom. The standard InChI is InChI=1S/C13H19N3O2/c1-9-8-15-11-6-10(14)12(7-13(11)18-9)16-2-4-17-5-3-16/h6-7,9,15H,2-5,8,14H2,1H3. The highest BCUT2D eigenvalue weighted by atomic mass is 16.5. The lowest BCUT2D eigenvalue weighted by Crippen LogP contribution is -2.37. The van der Waals surface area contributed by atoms with Crippen molar-refractivity contribution in [1.82, 2.24) is 0 Å². The zero-order chi connectivity index (χ0) is 12.5. The van der Waals surface area contributed by atoms with Gasteiger partial charge in [0.1, 0.15) is 11.9 Å². The minimum absolute atomic E-state index is 0.193. The number of ether oxygens (including phenoxy) is 2. The third kappa shape index (κ3) is 2.06. The zero-order valence-electron chi connectivity index (χ0n) is 10.6. The fourth-order valence-electron chi connectivity index (χ4n) is 2.41. The molecular formula is C13H19N3O2. The fourth-order valence-corrected chi connectivity index (χ4v) is 2.41. The molecule has 0 radical (unpaired) electrons. The fraction of sp³-hybridized carbons (Fsp3) is 0.538. The molecule has 1 atom stereocenters. The maximum atomic E-state index is 6.13. The first-order valence-electron chi connectivity index (χ1n) is 6.41. The summed E-state index contributed by atoms with van der Waals surface area (Å²) in [6.45, 7) is 6.15. The molecule has 0 aliphatic carbocycles. The zero-order valence-corrected chi connectivity index (χ0v) is 10.6. The molecule has 1 aromatic rings. The highest BCUT2D eigenvalue weighted by Crippen LogP contribution is 2.37. The minimum atomic E-state index is 0.193. The van der Waals surface area contributed by atoms with Crippen molar-refractivity contribution in [2.75, 3.05) is 48.8 Å². The van der Waals surface area contributed by atoms with Crippen LogP contribution in [-0.4, -0.2) is 39.0 Å². The monoisotopic (exact) mass is 249 g/mol. The molecule has 1 fully saturated rings. The molecule has 5 heteroatoms. The topological polar surface area (TPSA) is 59.8 Å². The largest absolute Gasteiger partial charge is 0.487 e. The highest BCUT2D eigenvalue weighted by Gasteiger charge is 2.20. The summed E-state index contributed by atoms with van der Waals surface area (Å²) in [5.41, 5.74) is 8.96. The average Bonchev–Trinajstić information content (AvgIpc) is 2.39. The molecule has 0 saturated carbocycles. The SMILES string of the molecule is CC1CNc2cc(N)c(N3CCOCC3)cc2O1. The third-order valence-corrected chi connectivity index (χ3v) is 3.39. The Hall–Kier alpha value is -1.62. The molecule has 5 nitrogen and oxygen atoms in total. The molecule has 0 amide bonds. The third-order valence-electron chi connectivity index (χ3n) is 3.39. The highest BCUT2D eigenvalue weighted by molar-refractivity contribution is 5.78. The van der Waals surface area contributed by atoms with Gasteiger partial charge in [-0.15, -0.1) is 0 Å². The maximum Gasteiger partial charge on any atom is 0.145 e. The molecule has 0 aromatic heterocycles. The summed E-state index contributed by atoms with van der Waals surface area (Å²) in [6, 6.07) is 4.00. The first-order valence-corrected chi connectivity index (χ1v) is 6.41. The molecule has 2 aliphatic rings. The summed E-state index contributed by atoms with van der Waals surface area (Å²) in [4.78, 5) is 2.25. The molecule has 1 saturated heterocycles. The predicted molar refractivity (Wildman–Crippen MR) is 72.5 cm³/mol. The van der Waals surface area contributed by atoms with E-state index in [1.807, 2.05) is 12.1 Å². The molecule has 98 valence electrons. The number of anilines is 3. The second-order valence-corrected chi connectivity index (χ2v) is 4.82. The van der Waals surface area contributed by atoms with E-state index in [1.54, 1.807) is 0 Å². The molecule has 1 aromatic carbocycles. The smallest absolute Gasteiger partial charge is 0.145 e. The Bertz CT molecular complexity index is 444. The summed E-state index contributed by atoms with van der Waals surface area (Å²) in [5.74, 6) is 0.893. The number of hydrogen-bond donors (Lipinski definition) is 2. The number of rotatable bonds is 1. The number of benzene rings is 1. The maximum absolute atomic E-state index is 6.13. The molecular weight excluding hydrogens is 230 g/mol. The number of morpholine rings is 1. The van der Waals surface area contributed by atoms with Gasteiger partial charge in [0, 0.05) is 19.2 Å². The van der Waals surface area contributed by atoms with Gasteiger partial charge in [0.2, 0.25) is 0 Å². The van der Waals surface area contributed by atoms with Gasteiger partial charge in [-0.3, -0.25) is 0 Å². The van der Waals surface area contributed by atoms with E-state index in [1.165, 1.54) is 0 Å². The van der Waals surface area contributed by atoms with Gasteiger partial charge in [0.25, 0.3) is 0 Å². The van der Waals surface area contributed by atoms with E-state index in [4.69, 9.17) is 15.2 Å². The predicted octanol–water partition coefficient (Wildman–Crippen LogP) is 1.30. The number of hydrogen-bond acceptors (Lipinski definition) is 5. The summed E-state index contributed by atoms with van der Waals surface area (Å²) >= 11 is 0. The van der Waals surface area contributed by atoms with Gasteiger partial charge in [-0.25, -0.2) is 0 Å². The molecule has 2 aliphatic heterocycles. The Balaban J connectivity index is 1.92. The van der Waals surface area contributed by atoms with Gasteiger partial charge in [-0.2, -0.15) is 0 Å². The van der Waals surface area contributed by atoms with Crippen LogP contribution in [0, 0.1) is 0 Å². The second-order valence-electron chi connectivity index (χ2n) is 4.82. The van der Waals surface area contributed by atoms with Crippen molar-refractivity contribution in [3.8, 4) is 5.75 Å². The van der Waals surface area contributed by atoms with Crippen LogP contribution in [0.15, 0.2) is 12.1 Å². The summed E-state index contributed by atoms with van der Waals surface area (Å²) in [6.07, 6.45) is 0.193. The van der Waals surface area contributed by atoms with Crippen LogP contribution < -0.4 is 20.7 Å². The van der Waals surface area contributed by atoms with Crippen LogP contribution in [0.3, 0.4) is 0 Å². The van der Waals surface area contributed by atoms with Crippen LogP contribution in [-0.2, 0) is 4.74 Å². The van der Waals surface area contributed by atoms with Crippen molar-refractivity contribution in [2.24, 2.45) is 0 Å². The first kappa shape index (κ1) is 11.5. The molecule has 0 bridgehead atoms. The van der Waals surface area contributed by atoms with Crippen LogP contribution in [0.5, 0.6) is 5.75 Å². The van der Waals surface area contributed by atoms with E-state index in [2.05, 4.69) is 17.1 Å². The Kier molecular flexibility index (Phi) is 2.91. The van der Waals surface area contributed by atoms with Crippen LogP contribution in [0.4, 0.5) is 17.1 Å². The van der Waals surface area contributed by atoms with Crippen LogP contribution in [0.2, 0.25) is 0 Å². The first-order chi connectivity index (χ1) is 8.74. The van der Waals surface area contributed by atoms with Crippen molar-refractivity contribution in [3.63, 3.8) is 0 Å². The van der Waals surface area contributed by atoms with Gasteiger partial charge in [-0.05, 0) is 13.0 Å². The Morgan fingerprint density at radius 1 is 1.33 bits per heavy atom. The molecule has 18 heavy (non-hydrogen) atoms. The number of nitrogens with zero attached hydrogens (tertiary/aromatic N) is 1. The van der Waals surface area contributed by atoms with E-state index in [9.17, 15) is 0 Å². The van der Waals surface area contributed by atoms with Crippen molar-refractivity contribution in [1.29, 1.82) is 0 Å². The van der Waals surface area contributed by atoms with Crippen molar-refractivity contribution in [3.05, 3.63) is 12.1 Å². The molecule has 2 heterocycles. The number of fused-ring (bicyclic) bond motifs is 1. The summed E-state index contributed by atoms with van der Waals surface area (Å²) < 4.78 is 11.2. The van der Waals surface area contributed by atoms with Crippen LogP contribution in [0.25, 0.3) is 0 Å². The average molecular weight is 249 g/mol. The lowest BCUT2D eigenvalue weighted by Gasteiger charge is -2.32. The second kappa shape index (κ2) is 4.57. The van der Waals surface area contributed by atoms with E-state index in [0.29, 0.717) is 0 Å². The minimum Gasteiger partial charge on any atom is -0.487 e. The quantitative estimate of drug-likeness (QED) is 0.735. The lowest BCUT2D eigenvalue weighted by atomic mass is 10.1. The number of nitrogens with one attached hydrogen (secondary N) is 1. The number of nitrogens with two attached hydrogens (primary N) is 1. The molecule has 3 N–H and O–H groups in total. The van der Waals surface area contributed by atoms with E-state index >= 15 is 0 Å². The van der Waals surface area contributed by atoms with E-state index in [0.717, 1.165) is 55.7 Å². The van der Waals surface area contributed by atoms with Crippen LogP contribution in [0.1, 0.15) is 6.92 Å². The summed E-state index contributed by atoms with van der Waals surface area (Å²) in [5, 5.41) is 3.34. The van der Waals surface area contributed by atoms with Gasteiger partial charge in [0.05, 0.1) is 36.8 Å². The summed E-state index contributed by atoms with van der Waals surface area (Å²) in [7, 11) is 0. The Labute approximate surface area is 107 Å². The van der Waals surface area contributed by atoms with E-state index < -0.39 is 0 Å². The number of nitrogen functional groups attached to an aromatic ring is 1. The van der Waals surface area contributed by atoms with Crippen molar-refractivity contribution < 1.29 is 9.47 Å². The van der Waals surface area contributed by atoms with Gasteiger partial charge >= 0.3 is 0 Å². The van der Waals surface area contributed by atoms with Gasteiger partial charge in [0.15, 0.2) is 0 Å². The lowest BCUT2D eigenvalue weighted by molar-refractivity contribution is 0.122. The Morgan fingerprint density at radius 3 is 2.89 bits per heavy atom. The van der Waals surface area contributed by atoms with Gasteiger partial charge in [-0.1, -0.05) is 0 Å². The van der Waals surface area contributed by atoms with E-state index in [-0.39, 0.29) is 6.10 Å². The molecule has 3 rings (SSSR count).